The normalized spacial score (nSPS) is 10.6. The highest BCUT2D eigenvalue weighted by atomic mass is 35.5. The first-order chi connectivity index (χ1) is 12.9. The average molecular weight is 405 g/mol. The lowest BCUT2D eigenvalue weighted by Gasteiger charge is -2.09. The lowest BCUT2D eigenvalue weighted by molar-refractivity contribution is 0.102. The molecule has 138 valence electrons. The Balaban J connectivity index is 1.76. The van der Waals surface area contributed by atoms with Crippen molar-refractivity contribution in [3.05, 3.63) is 80.9 Å². The third kappa shape index (κ3) is 4.66. The van der Waals surface area contributed by atoms with Gasteiger partial charge in [0.1, 0.15) is 11.5 Å². The number of thioether (sulfide) groups is 1. The van der Waals surface area contributed by atoms with E-state index in [1.807, 2.05) is 12.1 Å². The maximum absolute atomic E-state index is 13.7. The molecular weight excluding hydrogens is 391 g/mol. The lowest BCUT2D eigenvalue weighted by Crippen LogP contribution is -2.23. The summed E-state index contributed by atoms with van der Waals surface area (Å²) in [5.41, 5.74) is 5.71. The third-order valence-corrected chi connectivity index (χ3v) is 4.73. The Bertz CT molecular complexity index is 1060. The highest BCUT2D eigenvalue weighted by molar-refractivity contribution is 7.98. The number of aromatic nitrogens is 2. The summed E-state index contributed by atoms with van der Waals surface area (Å²) in [5, 5.41) is 3.21. The molecule has 1 heterocycles. The van der Waals surface area contributed by atoms with Crippen LogP contribution < -0.4 is 16.6 Å². The average Bonchev–Trinajstić information content (AvgIpc) is 2.63. The number of hydrogen-bond acceptors (Lipinski definition) is 5. The van der Waals surface area contributed by atoms with Crippen LogP contribution in [0, 0.1) is 5.82 Å². The number of nitrogens with one attached hydrogen (secondary N) is 2. The quantitative estimate of drug-likeness (QED) is 0.444. The number of nitrogens with two attached hydrogens (primary N) is 1. The van der Waals surface area contributed by atoms with Crippen molar-refractivity contribution < 1.29 is 9.18 Å². The van der Waals surface area contributed by atoms with Crippen LogP contribution in [0.4, 0.5) is 15.9 Å². The molecule has 27 heavy (non-hydrogen) atoms. The zero-order chi connectivity index (χ0) is 19.4. The number of benzene rings is 2. The fraction of sp³-hybridized carbons (Fsp3) is 0.0556. The predicted molar refractivity (Wildman–Crippen MR) is 105 cm³/mol. The fourth-order valence-electron chi connectivity index (χ4n) is 2.26. The van der Waals surface area contributed by atoms with Crippen molar-refractivity contribution in [2.75, 3.05) is 11.1 Å². The van der Waals surface area contributed by atoms with Crippen LogP contribution in [0.3, 0.4) is 0 Å². The first-order valence-corrected chi connectivity index (χ1v) is 9.13. The molecule has 0 aliphatic carbocycles. The molecule has 0 spiro atoms. The van der Waals surface area contributed by atoms with Crippen LogP contribution in [0.15, 0.2) is 58.5 Å². The van der Waals surface area contributed by atoms with Crippen molar-refractivity contribution in [2.24, 2.45) is 0 Å². The molecule has 1 aromatic heterocycles. The number of nitrogens with zero attached hydrogens (tertiary/aromatic N) is 1. The second kappa shape index (κ2) is 8.24. The Labute approximate surface area is 163 Å². The van der Waals surface area contributed by atoms with Crippen LogP contribution in [0.25, 0.3) is 0 Å². The first-order valence-electron chi connectivity index (χ1n) is 7.77. The second-order valence-corrected chi connectivity index (χ2v) is 6.88. The third-order valence-electron chi connectivity index (χ3n) is 3.55. The van der Waals surface area contributed by atoms with Gasteiger partial charge >= 0.3 is 0 Å². The Morgan fingerprint density at radius 1 is 1.26 bits per heavy atom. The molecule has 4 N–H and O–H groups in total. The Morgan fingerprint density at radius 3 is 2.74 bits per heavy atom. The van der Waals surface area contributed by atoms with Gasteiger partial charge in [0.25, 0.3) is 11.5 Å². The molecular formula is C18H14ClFN4O2S. The Hall–Kier alpha value is -2.84. The summed E-state index contributed by atoms with van der Waals surface area (Å²) in [6, 6.07) is 12.7. The molecule has 3 rings (SSSR count). The summed E-state index contributed by atoms with van der Waals surface area (Å²) in [5.74, 6) is -1.13. The number of hydrogen-bond donors (Lipinski definition) is 3. The van der Waals surface area contributed by atoms with Crippen molar-refractivity contribution >= 4 is 40.8 Å². The standard InChI is InChI=1S/C18H14ClFN4O2S/c19-11-5-3-4-10(8-11)9-27-18-23-15(21)14(17(26)24-18)22-16(25)12-6-1-2-7-13(12)20/h1-8H,9H2,(H,22,25)(H3,21,23,24,26). The van der Waals surface area contributed by atoms with E-state index < -0.39 is 17.3 Å². The molecule has 0 aliphatic heterocycles. The minimum Gasteiger partial charge on any atom is -0.382 e. The van der Waals surface area contributed by atoms with E-state index in [2.05, 4.69) is 15.3 Å². The maximum atomic E-state index is 13.7. The molecule has 0 aliphatic rings. The summed E-state index contributed by atoms with van der Waals surface area (Å²) < 4.78 is 13.7. The van der Waals surface area contributed by atoms with E-state index in [1.54, 1.807) is 12.1 Å². The van der Waals surface area contributed by atoms with E-state index in [-0.39, 0.29) is 17.1 Å². The largest absolute Gasteiger partial charge is 0.382 e. The minimum absolute atomic E-state index is 0.156. The van der Waals surface area contributed by atoms with Crippen molar-refractivity contribution in [3.63, 3.8) is 0 Å². The van der Waals surface area contributed by atoms with Gasteiger partial charge in [-0.2, -0.15) is 0 Å². The molecule has 2 aromatic carbocycles. The van der Waals surface area contributed by atoms with Crippen molar-refractivity contribution in [3.8, 4) is 0 Å². The molecule has 1 amide bonds. The smallest absolute Gasteiger partial charge is 0.277 e. The molecule has 0 unspecified atom stereocenters. The van der Waals surface area contributed by atoms with Gasteiger partial charge in [-0.05, 0) is 29.8 Å². The van der Waals surface area contributed by atoms with E-state index in [9.17, 15) is 14.0 Å². The van der Waals surface area contributed by atoms with Gasteiger partial charge in [-0.25, -0.2) is 9.37 Å². The molecule has 0 bridgehead atoms. The zero-order valence-corrected chi connectivity index (χ0v) is 15.4. The van der Waals surface area contributed by atoms with Crippen LogP contribution in [0.2, 0.25) is 5.02 Å². The van der Waals surface area contributed by atoms with Crippen molar-refractivity contribution in [2.45, 2.75) is 10.9 Å². The molecule has 0 atom stereocenters. The Kier molecular flexibility index (Phi) is 5.78. The van der Waals surface area contributed by atoms with E-state index in [4.69, 9.17) is 17.3 Å². The monoisotopic (exact) mass is 404 g/mol. The molecule has 0 radical (unpaired) electrons. The van der Waals surface area contributed by atoms with E-state index >= 15 is 0 Å². The fourth-order valence-corrected chi connectivity index (χ4v) is 3.29. The number of carbonyl (C=O) groups is 1. The zero-order valence-electron chi connectivity index (χ0n) is 13.8. The highest BCUT2D eigenvalue weighted by Crippen LogP contribution is 2.22. The van der Waals surface area contributed by atoms with Crippen LogP contribution in [0.5, 0.6) is 0 Å². The molecule has 3 aromatic rings. The number of aromatic amines is 1. The summed E-state index contributed by atoms with van der Waals surface area (Å²) in [6.45, 7) is 0. The maximum Gasteiger partial charge on any atom is 0.277 e. The van der Waals surface area contributed by atoms with Gasteiger partial charge in [0, 0.05) is 10.8 Å². The highest BCUT2D eigenvalue weighted by Gasteiger charge is 2.16. The molecule has 9 heteroatoms. The predicted octanol–water partition coefficient (Wildman–Crippen LogP) is 3.69. The summed E-state index contributed by atoms with van der Waals surface area (Å²) >= 11 is 7.20. The summed E-state index contributed by atoms with van der Waals surface area (Å²) in [4.78, 5) is 31.1. The topological polar surface area (TPSA) is 101 Å². The SMILES string of the molecule is Nc1nc(SCc2cccc(Cl)c2)[nH]c(=O)c1NC(=O)c1ccccc1F. The second-order valence-electron chi connectivity index (χ2n) is 5.48. The van der Waals surface area contributed by atoms with Crippen LogP contribution in [0.1, 0.15) is 15.9 Å². The van der Waals surface area contributed by atoms with Crippen molar-refractivity contribution in [1.82, 2.24) is 9.97 Å². The van der Waals surface area contributed by atoms with E-state index in [1.165, 1.54) is 30.0 Å². The first kappa shape index (κ1) is 18.9. The number of amides is 1. The number of carbonyl (C=O) groups excluding carboxylic acids is 1. The minimum atomic E-state index is -0.786. The Morgan fingerprint density at radius 2 is 2.04 bits per heavy atom. The van der Waals surface area contributed by atoms with Crippen LogP contribution >= 0.6 is 23.4 Å². The van der Waals surface area contributed by atoms with Gasteiger partial charge in [0.15, 0.2) is 11.0 Å². The number of rotatable bonds is 5. The number of H-pyrrole nitrogens is 1. The number of nitrogen functional groups attached to an aromatic ring is 1. The lowest BCUT2D eigenvalue weighted by atomic mass is 10.2. The summed E-state index contributed by atoms with van der Waals surface area (Å²) in [6.07, 6.45) is 0. The van der Waals surface area contributed by atoms with Gasteiger partial charge in [-0.3, -0.25) is 14.6 Å². The molecule has 0 saturated carbocycles. The van der Waals surface area contributed by atoms with Gasteiger partial charge in [-0.15, -0.1) is 0 Å². The van der Waals surface area contributed by atoms with Crippen LogP contribution in [-0.2, 0) is 5.75 Å². The van der Waals surface area contributed by atoms with Gasteiger partial charge in [0.05, 0.1) is 5.56 Å². The van der Waals surface area contributed by atoms with E-state index in [0.717, 1.165) is 11.6 Å². The van der Waals surface area contributed by atoms with Crippen molar-refractivity contribution in [1.29, 1.82) is 0 Å². The molecule has 0 fully saturated rings. The summed E-state index contributed by atoms with van der Waals surface area (Å²) in [7, 11) is 0. The van der Waals surface area contributed by atoms with Gasteiger partial charge in [0.2, 0.25) is 0 Å². The number of anilines is 2. The van der Waals surface area contributed by atoms with E-state index in [0.29, 0.717) is 15.9 Å². The molecule has 6 nitrogen and oxygen atoms in total. The van der Waals surface area contributed by atoms with Gasteiger partial charge in [-0.1, -0.05) is 47.6 Å². The van der Waals surface area contributed by atoms with Crippen LogP contribution in [-0.4, -0.2) is 15.9 Å². The number of halogens is 2. The van der Waals surface area contributed by atoms with Gasteiger partial charge < -0.3 is 11.1 Å². The molecule has 0 saturated heterocycles.